The summed E-state index contributed by atoms with van der Waals surface area (Å²) in [5.41, 5.74) is 6.07. The van der Waals surface area contributed by atoms with Crippen molar-refractivity contribution in [3.05, 3.63) is 77.9 Å². The highest BCUT2D eigenvalue weighted by Gasteiger charge is 2.18. The number of nitrogens with one attached hydrogen (secondary N) is 2. The van der Waals surface area contributed by atoms with Gasteiger partial charge in [-0.05, 0) is 54.6 Å². The molecule has 30 heavy (non-hydrogen) atoms. The molecular weight excluding hydrogens is 416 g/mol. The van der Waals surface area contributed by atoms with Crippen LogP contribution in [0.4, 0.5) is 25.8 Å². The second-order valence-corrected chi connectivity index (χ2v) is 7.85. The number of anilines is 3. The van der Waals surface area contributed by atoms with Crippen LogP contribution in [0.5, 0.6) is 5.75 Å². The van der Waals surface area contributed by atoms with E-state index in [4.69, 9.17) is 10.5 Å². The summed E-state index contributed by atoms with van der Waals surface area (Å²) in [6.45, 7) is 0. The van der Waals surface area contributed by atoms with Crippen molar-refractivity contribution < 1.29 is 26.7 Å². The third kappa shape index (κ3) is 4.66. The summed E-state index contributed by atoms with van der Waals surface area (Å²) in [6.07, 6.45) is 0. The second kappa shape index (κ2) is 8.37. The summed E-state index contributed by atoms with van der Waals surface area (Å²) in [4.78, 5) is 12.1. The van der Waals surface area contributed by atoms with Crippen LogP contribution in [0.15, 0.2) is 65.6 Å². The lowest BCUT2D eigenvalue weighted by atomic mass is 10.2. The number of nitrogens with two attached hydrogens (primary N) is 1. The van der Waals surface area contributed by atoms with Gasteiger partial charge in [-0.2, -0.15) is 0 Å². The highest BCUT2D eigenvalue weighted by Crippen LogP contribution is 2.29. The van der Waals surface area contributed by atoms with Gasteiger partial charge in [0.05, 0.1) is 23.4 Å². The van der Waals surface area contributed by atoms with Gasteiger partial charge in [0, 0.05) is 17.3 Å². The summed E-state index contributed by atoms with van der Waals surface area (Å²) < 4.78 is 59.4. The van der Waals surface area contributed by atoms with Crippen LogP contribution in [0, 0.1) is 11.6 Å². The van der Waals surface area contributed by atoms with Crippen LogP contribution in [0.2, 0.25) is 0 Å². The molecule has 3 aromatic carbocycles. The van der Waals surface area contributed by atoms with Gasteiger partial charge in [-0.1, -0.05) is 0 Å². The third-order valence-corrected chi connectivity index (χ3v) is 5.46. The van der Waals surface area contributed by atoms with Crippen LogP contribution in [0.3, 0.4) is 0 Å². The average molecular weight is 433 g/mol. The van der Waals surface area contributed by atoms with Crippen LogP contribution < -0.4 is 20.5 Å². The molecule has 0 radical (unpaired) electrons. The van der Waals surface area contributed by atoms with Gasteiger partial charge in [-0.25, -0.2) is 17.2 Å². The van der Waals surface area contributed by atoms with E-state index in [9.17, 15) is 22.0 Å². The number of nitrogen functional groups attached to an aromatic ring is 1. The van der Waals surface area contributed by atoms with Gasteiger partial charge in [-0.3, -0.25) is 9.52 Å². The topological polar surface area (TPSA) is 111 Å². The molecule has 0 saturated carbocycles. The van der Waals surface area contributed by atoms with Crippen molar-refractivity contribution in [2.24, 2.45) is 0 Å². The molecule has 3 rings (SSSR count). The summed E-state index contributed by atoms with van der Waals surface area (Å²) in [6, 6.07) is 12.2. The minimum Gasteiger partial charge on any atom is -0.495 e. The maximum atomic E-state index is 13.7. The van der Waals surface area contributed by atoms with Crippen molar-refractivity contribution in [1.82, 2.24) is 0 Å². The number of carbonyl (C=O) groups is 1. The highest BCUT2D eigenvalue weighted by molar-refractivity contribution is 7.92. The number of halogens is 2. The Kier molecular flexibility index (Phi) is 5.88. The number of rotatable bonds is 6. The SMILES string of the molecule is COc1ccc(N)cc1NS(=O)(=O)c1ccc(C(=O)Nc2ccc(F)cc2F)cc1. The molecule has 0 spiro atoms. The van der Waals surface area contributed by atoms with E-state index >= 15 is 0 Å². The standard InChI is InChI=1S/C20H17F2N3O4S/c1-29-19-9-5-14(23)11-18(19)25-30(27,28)15-6-2-12(3-7-15)20(26)24-17-8-4-13(21)10-16(17)22/h2-11,25H,23H2,1H3,(H,24,26). The maximum absolute atomic E-state index is 13.7. The zero-order valence-corrected chi connectivity index (χ0v) is 16.5. The molecule has 0 aromatic heterocycles. The van der Waals surface area contributed by atoms with Crippen molar-refractivity contribution in [3.8, 4) is 5.75 Å². The van der Waals surface area contributed by atoms with E-state index in [1.165, 1.54) is 43.5 Å². The van der Waals surface area contributed by atoms with Gasteiger partial charge in [0.25, 0.3) is 15.9 Å². The van der Waals surface area contributed by atoms with E-state index in [1.807, 2.05) is 0 Å². The molecule has 10 heteroatoms. The quantitative estimate of drug-likeness (QED) is 0.515. The average Bonchev–Trinajstić information content (AvgIpc) is 2.70. The monoisotopic (exact) mass is 433 g/mol. The van der Waals surface area contributed by atoms with Crippen molar-refractivity contribution in [3.63, 3.8) is 0 Å². The fraction of sp³-hybridized carbons (Fsp3) is 0.0500. The molecule has 0 aliphatic rings. The van der Waals surface area contributed by atoms with Crippen molar-refractivity contribution in [2.45, 2.75) is 4.90 Å². The molecule has 7 nitrogen and oxygen atoms in total. The molecule has 4 N–H and O–H groups in total. The third-order valence-electron chi connectivity index (χ3n) is 4.07. The Morgan fingerprint density at radius 1 is 0.967 bits per heavy atom. The molecular formula is C20H17F2N3O4S. The van der Waals surface area contributed by atoms with Crippen LogP contribution in [-0.2, 0) is 10.0 Å². The van der Waals surface area contributed by atoms with Crippen LogP contribution >= 0.6 is 0 Å². The summed E-state index contributed by atoms with van der Waals surface area (Å²) in [7, 11) is -2.60. The molecule has 0 saturated heterocycles. The molecule has 0 aliphatic carbocycles. The van der Waals surface area contributed by atoms with Gasteiger partial charge in [0.15, 0.2) is 0 Å². The smallest absolute Gasteiger partial charge is 0.262 e. The minimum atomic E-state index is -3.99. The number of carbonyl (C=O) groups excluding carboxylic acids is 1. The van der Waals surface area contributed by atoms with Crippen molar-refractivity contribution in [1.29, 1.82) is 0 Å². The molecule has 0 aliphatic heterocycles. The number of sulfonamides is 1. The van der Waals surface area contributed by atoms with E-state index in [-0.39, 0.29) is 27.6 Å². The van der Waals surface area contributed by atoms with Gasteiger partial charge >= 0.3 is 0 Å². The molecule has 0 heterocycles. The minimum absolute atomic E-state index is 0.0826. The normalized spacial score (nSPS) is 11.0. The first kappa shape index (κ1) is 21.1. The predicted molar refractivity (Wildman–Crippen MR) is 109 cm³/mol. The Bertz CT molecular complexity index is 1200. The van der Waals surface area contributed by atoms with Gasteiger partial charge < -0.3 is 15.8 Å². The van der Waals surface area contributed by atoms with Crippen molar-refractivity contribution >= 4 is 33.0 Å². The van der Waals surface area contributed by atoms with E-state index in [1.54, 1.807) is 6.07 Å². The fourth-order valence-electron chi connectivity index (χ4n) is 2.58. The largest absolute Gasteiger partial charge is 0.495 e. The number of hydrogen-bond donors (Lipinski definition) is 3. The number of amides is 1. The zero-order chi connectivity index (χ0) is 21.9. The lowest BCUT2D eigenvalue weighted by Crippen LogP contribution is -2.15. The Morgan fingerprint density at radius 2 is 1.67 bits per heavy atom. The maximum Gasteiger partial charge on any atom is 0.262 e. The van der Waals surface area contributed by atoms with E-state index in [0.717, 1.165) is 12.1 Å². The lowest BCUT2D eigenvalue weighted by Gasteiger charge is -2.13. The van der Waals surface area contributed by atoms with Gasteiger partial charge in [0.2, 0.25) is 0 Å². The Labute approximate surface area is 171 Å². The summed E-state index contributed by atoms with van der Waals surface area (Å²) in [5, 5.41) is 2.30. The van der Waals surface area contributed by atoms with Crippen molar-refractivity contribution in [2.75, 3.05) is 22.9 Å². The summed E-state index contributed by atoms with van der Waals surface area (Å²) >= 11 is 0. The first-order chi connectivity index (χ1) is 14.2. The second-order valence-electron chi connectivity index (χ2n) is 6.17. The molecule has 1 amide bonds. The number of hydrogen-bond acceptors (Lipinski definition) is 5. The van der Waals surface area contributed by atoms with E-state index in [2.05, 4.69) is 10.0 Å². The highest BCUT2D eigenvalue weighted by atomic mass is 32.2. The first-order valence-electron chi connectivity index (χ1n) is 8.52. The van der Waals surface area contributed by atoms with Gasteiger partial charge in [0.1, 0.15) is 17.4 Å². The predicted octanol–water partition coefficient (Wildman–Crippen LogP) is 3.61. The van der Waals surface area contributed by atoms with Crippen LogP contribution in [0.25, 0.3) is 0 Å². The Morgan fingerprint density at radius 3 is 2.30 bits per heavy atom. The van der Waals surface area contributed by atoms with Crippen LogP contribution in [-0.4, -0.2) is 21.4 Å². The number of benzene rings is 3. The Balaban J connectivity index is 1.79. The molecule has 0 atom stereocenters. The number of ether oxygens (including phenoxy) is 1. The molecule has 0 bridgehead atoms. The first-order valence-corrected chi connectivity index (χ1v) is 10.0. The summed E-state index contributed by atoms with van der Waals surface area (Å²) in [5.74, 6) is -2.10. The molecule has 156 valence electrons. The lowest BCUT2D eigenvalue weighted by molar-refractivity contribution is 0.102. The fourth-order valence-corrected chi connectivity index (χ4v) is 3.64. The number of methoxy groups -OCH3 is 1. The van der Waals surface area contributed by atoms with E-state index < -0.39 is 27.6 Å². The Hall–Kier alpha value is -3.66. The molecule has 0 fully saturated rings. The van der Waals surface area contributed by atoms with Crippen LogP contribution in [0.1, 0.15) is 10.4 Å². The van der Waals surface area contributed by atoms with E-state index in [0.29, 0.717) is 11.8 Å². The van der Waals surface area contributed by atoms with Gasteiger partial charge in [-0.15, -0.1) is 0 Å². The molecule has 3 aromatic rings. The molecule has 0 unspecified atom stereocenters. The zero-order valence-electron chi connectivity index (χ0n) is 15.6.